The average molecular weight is 282 g/mol. The Balaban J connectivity index is 1.80. The summed E-state index contributed by atoms with van der Waals surface area (Å²) in [5.74, 6) is 0.607. The molecule has 1 heterocycles. The Hall–Kier alpha value is -1.26. The standard InChI is InChI=1S/C15H26N2O3/c1-3-12-4-5-13(10(12)2)16-15(20)17-7-6-11(9-17)8-14(18)19/h10-13H,3-9H2,1-2H3,(H,16,20)(H,18,19). The van der Waals surface area contributed by atoms with E-state index in [0.717, 1.165) is 18.8 Å². The first-order valence-electron chi connectivity index (χ1n) is 7.78. The van der Waals surface area contributed by atoms with Crippen LogP contribution in [0.1, 0.15) is 46.0 Å². The van der Waals surface area contributed by atoms with Gasteiger partial charge >= 0.3 is 12.0 Å². The Morgan fingerprint density at radius 3 is 2.65 bits per heavy atom. The van der Waals surface area contributed by atoms with Crippen LogP contribution in [-0.2, 0) is 4.79 Å². The van der Waals surface area contributed by atoms with Crippen LogP contribution in [0.4, 0.5) is 4.79 Å². The SMILES string of the molecule is CCC1CCC(NC(=O)N2CCC(CC(=O)O)C2)C1C. The Morgan fingerprint density at radius 1 is 1.30 bits per heavy atom. The summed E-state index contributed by atoms with van der Waals surface area (Å²) < 4.78 is 0. The topological polar surface area (TPSA) is 69.6 Å². The first-order chi connectivity index (χ1) is 9.51. The molecular formula is C15H26N2O3. The first kappa shape index (κ1) is 15.1. The molecule has 4 atom stereocenters. The molecule has 2 aliphatic rings. The minimum atomic E-state index is -0.771. The van der Waals surface area contributed by atoms with Crippen LogP contribution in [0.3, 0.4) is 0 Å². The van der Waals surface area contributed by atoms with Crippen LogP contribution in [0.15, 0.2) is 0 Å². The molecule has 0 aromatic carbocycles. The van der Waals surface area contributed by atoms with Gasteiger partial charge in [0.1, 0.15) is 0 Å². The van der Waals surface area contributed by atoms with Gasteiger partial charge in [-0.1, -0.05) is 20.3 Å². The van der Waals surface area contributed by atoms with E-state index in [1.54, 1.807) is 4.90 Å². The summed E-state index contributed by atoms with van der Waals surface area (Å²) in [5.41, 5.74) is 0. The molecule has 0 bridgehead atoms. The number of carboxylic acids is 1. The van der Waals surface area contributed by atoms with Gasteiger partial charge in [-0.05, 0) is 37.0 Å². The number of carbonyl (C=O) groups excluding carboxylic acids is 1. The predicted molar refractivity (Wildman–Crippen MR) is 76.4 cm³/mol. The lowest BCUT2D eigenvalue weighted by Gasteiger charge is -2.24. The maximum Gasteiger partial charge on any atom is 0.317 e. The van der Waals surface area contributed by atoms with E-state index in [9.17, 15) is 9.59 Å². The number of carboxylic acid groups (broad SMARTS) is 1. The number of likely N-dealkylation sites (tertiary alicyclic amines) is 1. The van der Waals surface area contributed by atoms with E-state index in [4.69, 9.17) is 5.11 Å². The lowest BCUT2D eigenvalue weighted by atomic mass is 9.93. The summed E-state index contributed by atoms with van der Waals surface area (Å²) in [4.78, 5) is 24.7. The summed E-state index contributed by atoms with van der Waals surface area (Å²) >= 11 is 0. The van der Waals surface area contributed by atoms with Crippen molar-refractivity contribution in [3.63, 3.8) is 0 Å². The molecular weight excluding hydrogens is 256 g/mol. The van der Waals surface area contributed by atoms with Crippen LogP contribution in [0.25, 0.3) is 0 Å². The summed E-state index contributed by atoms with van der Waals surface area (Å²) in [6.45, 7) is 5.70. The number of aliphatic carboxylic acids is 1. The minimum Gasteiger partial charge on any atom is -0.481 e. The third-order valence-electron chi connectivity index (χ3n) is 5.10. The Bertz CT molecular complexity index is 372. The quantitative estimate of drug-likeness (QED) is 0.831. The molecule has 1 aliphatic carbocycles. The van der Waals surface area contributed by atoms with E-state index >= 15 is 0 Å². The number of hydrogen-bond acceptors (Lipinski definition) is 2. The summed E-state index contributed by atoms with van der Waals surface area (Å²) in [6.07, 6.45) is 4.42. The van der Waals surface area contributed by atoms with Gasteiger partial charge in [0.15, 0.2) is 0 Å². The van der Waals surface area contributed by atoms with Crippen LogP contribution in [0.5, 0.6) is 0 Å². The Labute approximate surface area is 120 Å². The van der Waals surface area contributed by atoms with Gasteiger partial charge in [-0.3, -0.25) is 4.79 Å². The second-order valence-electron chi connectivity index (χ2n) is 6.36. The minimum absolute atomic E-state index is 0.00788. The molecule has 114 valence electrons. The van der Waals surface area contributed by atoms with Gasteiger partial charge in [0.25, 0.3) is 0 Å². The zero-order valence-corrected chi connectivity index (χ0v) is 12.5. The molecule has 0 spiro atoms. The summed E-state index contributed by atoms with van der Waals surface area (Å²) in [7, 11) is 0. The van der Waals surface area contributed by atoms with Gasteiger partial charge in [-0.25, -0.2) is 4.79 Å². The number of amides is 2. The van der Waals surface area contributed by atoms with Gasteiger partial charge in [0.05, 0.1) is 0 Å². The van der Waals surface area contributed by atoms with Crippen molar-refractivity contribution in [3.8, 4) is 0 Å². The molecule has 2 amide bonds. The van der Waals surface area contributed by atoms with Gasteiger partial charge in [0, 0.05) is 25.6 Å². The molecule has 2 N–H and O–H groups in total. The molecule has 1 aliphatic heterocycles. The fourth-order valence-electron chi connectivity index (χ4n) is 3.71. The number of hydrogen-bond donors (Lipinski definition) is 2. The molecule has 20 heavy (non-hydrogen) atoms. The van der Waals surface area contributed by atoms with Crippen molar-refractivity contribution in [2.45, 2.75) is 52.0 Å². The molecule has 2 rings (SSSR count). The van der Waals surface area contributed by atoms with E-state index in [1.165, 1.54) is 12.8 Å². The van der Waals surface area contributed by atoms with Crippen LogP contribution >= 0.6 is 0 Å². The molecule has 2 fully saturated rings. The zero-order chi connectivity index (χ0) is 14.7. The zero-order valence-electron chi connectivity index (χ0n) is 12.5. The molecule has 5 nitrogen and oxygen atoms in total. The highest BCUT2D eigenvalue weighted by Crippen LogP contribution is 2.34. The highest BCUT2D eigenvalue weighted by molar-refractivity contribution is 5.75. The van der Waals surface area contributed by atoms with Gasteiger partial charge < -0.3 is 15.3 Å². The molecule has 1 saturated heterocycles. The van der Waals surface area contributed by atoms with E-state index in [2.05, 4.69) is 19.2 Å². The number of urea groups is 1. The smallest absolute Gasteiger partial charge is 0.317 e. The van der Waals surface area contributed by atoms with Gasteiger partial charge in [-0.2, -0.15) is 0 Å². The van der Waals surface area contributed by atoms with Crippen molar-refractivity contribution in [1.29, 1.82) is 0 Å². The van der Waals surface area contributed by atoms with Crippen LogP contribution in [-0.4, -0.2) is 41.1 Å². The lowest BCUT2D eigenvalue weighted by Crippen LogP contribution is -2.45. The third-order valence-corrected chi connectivity index (χ3v) is 5.10. The number of carbonyl (C=O) groups is 2. The van der Waals surface area contributed by atoms with Crippen LogP contribution in [0, 0.1) is 17.8 Å². The summed E-state index contributed by atoms with van der Waals surface area (Å²) in [6, 6.07) is 0.275. The highest BCUT2D eigenvalue weighted by Gasteiger charge is 2.34. The number of nitrogens with one attached hydrogen (secondary N) is 1. The van der Waals surface area contributed by atoms with Crippen molar-refractivity contribution in [3.05, 3.63) is 0 Å². The average Bonchev–Trinajstić information content (AvgIpc) is 2.97. The van der Waals surface area contributed by atoms with Gasteiger partial charge in [0.2, 0.25) is 0 Å². The highest BCUT2D eigenvalue weighted by atomic mass is 16.4. The monoisotopic (exact) mass is 282 g/mol. The Kier molecular flexibility index (Phi) is 4.89. The number of rotatable bonds is 4. The fraction of sp³-hybridized carbons (Fsp3) is 0.867. The van der Waals surface area contributed by atoms with Crippen molar-refractivity contribution in [2.75, 3.05) is 13.1 Å². The van der Waals surface area contributed by atoms with Crippen molar-refractivity contribution >= 4 is 12.0 Å². The molecule has 0 radical (unpaired) electrons. The molecule has 4 unspecified atom stereocenters. The second kappa shape index (κ2) is 6.46. The fourth-order valence-corrected chi connectivity index (χ4v) is 3.71. The summed E-state index contributed by atoms with van der Waals surface area (Å²) in [5, 5.41) is 11.9. The predicted octanol–water partition coefficient (Wildman–Crippen LogP) is 2.32. The van der Waals surface area contributed by atoms with Crippen LogP contribution in [0.2, 0.25) is 0 Å². The van der Waals surface area contributed by atoms with E-state index in [-0.39, 0.29) is 24.4 Å². The second-order valence-corrected chi connectivity index (χ2v) is 6.36. The van der Waals surface area contributed by atoms with Crippen molar-refractivity contribution in [1.82, 2.24) is 10.2 Å². The molecule has 0 aromatic heterocycles. The normalized spacial score (nSPS) is 33.4. The lowest BCUT2D eigenvalue weighted by molar-refractivity contribution is -0.138. The maximum absolute atomic E-state index is 12.2. The van der Waals surface area contributed by atoms with E-state index in [0.29, 0.717) is 19.0 Å². The van der Waals surface area contributed by atoms with Crippen molar-refractivity contribution < 1.29 is 14.7 Å². The van der Waals surface area contributed by atoms with E-state index < -0.39 is 5.97 Å². The molecule has 5 heteroatoms. The van der Waals surface area contributed by atoms with Gasteiger partial charge in [-0.15, -0.1) is 0 Å². The largest absolute Gasteiger partial charge is 0.481 e. The Morgan fingerprint density at radius 2 is 2.05 bits per heavy atom. The van der Waals surface area contributed by atoms with Crippen molar-refractivity contribution in [2.24, 2.45) is 17.8 Å². The molecule has 1 saturated carbocycles. The maximum atomic E-state index is 12.2. The van der Waals surface area contributed by atoms with Crippen LogP contribution < -0.4 is 5.32 Å². The third kappa shape index (κ3) is 3.44. The number of nitrogens with zero attached hydrogens (tertiary/aromatic N) is 1. The first-order valence-corrected chi connectivity index (χ1v) is 7.78. The molecule has 0 aromatic rings. The van der Waals surface area contributed by atoms with E-state index in [1.807, 2.05) is 0 Å².